The highest BCUT2D eigenvalue weighted by Crippen LogP contribution is 2.43. The van der Waals surface area contributed by atoms with Crippen LogP contribution in [0.15, 0.2) is 18.2 Å². The lowest BCUT2D eigenvalue weighted by atomic mass is 9.74. The Labute approximate surface area is 124 Å². The van der Waals surface area contributed by atoms with E-state index in [0.717, 1.165) is 31.2 Å². The molecule has 2 fully saturated rings. The van der Waals surface area contributed by atoms with Gasteiger partial charge in [-0.2, -0.15) is 0 Å². The summed E-state index contributed by atoms with van der Waals surface area (Å²) < 4.78 is 25.7. The maximum atomic E-state index is 13.9. The molecule has 1 aromatic carbocycles. The average Bonchev–Trinajstić information content (AvgIpc) is 2.47. The maximum Gasteiger partial charge on any atom is 0.165 e. The summed E-state index contributed by atoms with van der Waals surface area (Å²) in [4.78, 5) is 0. The molecule has 3 rings (SSSR count). The minimum Gasteiger partial charge on any atom is -0.487 e. The predicted molar refractivity (Wildman–Crippen MR) is 78.5 cm³/mol. The van der Waals surface area contributed by atoms with Gasteiger partial charge in [0.25, 0.3) is 0 Å². The van der Waals surface area contributed by atoms with Crippen molar-refractivity contribution in [3.8, 4) is 17.6 Å². The molecule has 1 aliphatic heterocycles. The van der Waals surface area contributed by atoms with Crippen molar-refractivity contribution in [2.24, 2.45) is 5.73 Å². The SMILES string of the molecule is NCC#Cc1ccc(F)c(OC2CCOC3(CCC3)C2)c1. The van der Waals surface area contributed by atoms with Crippen molar-refractivity contribution in [1.29, 1.82) is 0 Å². The van der Waals surface area contributed by atoms with E-state index >= 15 is 0 Å². The number of halogens is 1. The Bertz CT molecular complexity index is 572. The van der Waals surface area contributed by atoms with Crippen LogP contribution in [0.1, 0.15) is 37.7 Å². The Hall–Kier alpha value is -1.57. The number of benzene rings is 1. The monoisotopic (exact) mass is 289 g/mol. The second-order valence-corrected chi connectivity index (χ2v) is 5.77. The quantitative estimate of drug-likeness (QED) is 0.851. The summed E-state index contributed by atoms with van der Waals surface area (Å²) in [5, 5.41) is 0. The zero-order valence-corrected chi connectivity index (χ0v) is 12.0. The number of hydrogen-bond donors (Lipinski definition) is 1. The van der Waals surface area contributed by atoms with E-state index in [0.29, 0.717) is 6.61 Å². The molecule has 0 aromatic heterocycles. The van der Waals surface area contributed by atoms with Gasteiger partial charge in [0.05, 0.1) is 18.8 Å². The van der Waals surface area contributed by atoms with Crippen LogP contribution in [0.5, 0.6) is 5.75 Å². The summed E-state index contributed by atoms with van der Waals surface area (Å²) in [6, 6.07) is 4.69. The number of hydrogen-bond acceptors (Lipinski definition) is 3. The summed E-state index contributed by atoms with van der Waals surface area (Å²) in [5.74, 6) is 5.60. The van der Waals surface area contributed by atoms with E-state index in [1.54, 1.807) is 12.1 Å². The maximum absolute atomic E-state index is 13.9. The van der Waals surface area contributed by atoms with Gasteiger partial charge >= 0.3 is 0 Å². The molecular weight excluding hydrogens is 269 g/mol. The van der Waals surface area contributed by atoms with Crippen LogP contribution >= 0.6 is 0 Å². The lowest BCUT2D eigenvalue weighted by molar-refractivity contribution is -0.153. The van der Waals surface area contributed by atoms with Crippen LogP contribution in [-0.4, -0.2) is 24.9 Å². The third kappa shape index (κ3) is 3.20. The summed E-state index contributed by atoms with van der Waals surface area (Å²) in [6.45, 7) is 0.981. The van der Waals surface area contributed by atoms with Crippen molar-refractivity contribution >= 4 is 0 Å². The first-order chi connectivity index (χ1) is 10.2. The summed E-state index contributed by atoms with van der Waals surface area (Å²) >= 11 is 0. The van der Waals surface area contributed by atoms with Gasteiger partial charge in [0.15, 0.2) is 11.6 Å². The summed E-state index contributed by atoms with van der Waals surface area (Å²) in [6.07, 6.45) is 5.08. The highest BCUT2D eigenvalue weighted by atomic mass is 19.1. The molecule has 0 amide bonds. The molecular formula is C17H20FNO2. The number of nitrogens with two attached hydrogens (primary N) is 1. The molecule has 2 aliphatic rings. The molecule has 1 unspecified atom stereocenters. The predicted octanol–water partition coefficient (Wildman–Crippen LogP) is 2.62. The average molecular weight is 289 g/mol. The zero-order chi connectivity index (χ0) is 14.7. The lowest BCUT2D eigenvalue weighted by Crippen LogP contribution is -2.48. The van der Waals surface area contributed by atoms with E-state index in [9.17, 15) is 4.39 Å². The molecule has 1 saturated heterocycles. The van der Waals surface area contributed by atoms with Gasteiger partial charge in [0, 0.05) is 18.4 Å². The van der Waals surface area contributed by atoms with Crippen molar-refractivity contribution < 1.29 is 13.9 Å². The van der Waals surface area contributed by atoms with Crippen molar-refractivity contribution in [2.45, 2.75) is 43.8 Å². The lowest BCUT2D eigenvalue weighted by Gasteiger charge is -2.46. The van der Waals surface area contributed by atoms with Gasteiger partial charge in [-0.25, -0.2) is 4.39 Å². The summed E-state index contributed by atoms with van der Waals surface area (Å²) in [5.41, 5.74) is 6.07. The van der Waals surface area contributed by atoms with Crippen LogP contribution in [-0.2, 0) is 4.74 Å². The highest BCUT2D eigenvalue weighted by Gasteiger charge is 2.43. The number of ether oxygens (including phenoxy) is 2. The molecule has 0 bridgehead atoms. The van der Waals surface area contributed by atoms with Crippen molar-refractivity contribution in [3.05, 3.63) is 29.6 Å². The summed E-state index contributed by atoms with van der Waals surface area (Å²) in [7, 11) is 0. The Balaban J connectivity index is 1.71. The first kappa shape index (κ1) is 14.4. The normalized spacial score (nSPS) is 23.0. The Kier molecular flexibility index (Phi) is 4.14. The molecule has 2 N–H and O–H groups in total. The van der Waals surface area contributed by atoms with Crippen molar-refractivity contribution in [3.63, 3.8) is 0 Å². The standard InChI is InChI=1S/C17H20FNO2/c18-15-5-4-13(3-1-9-19)11-16(15)21-14-6-10-20-17(12-14)7-2-8-17/h4-5,11,14H,2,6-10,12,19H2. The molecule has 4 heteroatoms. The largest absolute Gasteiger partial charge is 0.487 e. The molecule has 1 atom stereocenters. The molecule has 21 heavy (non-hydrogen) atoms. The molecule has 1 spiro atoms. The molecule has 1 heterocycles. The van der Waals surface area contributed by atoms with Gasteiger partial charge in [-0.15, -0.1) is 0 Å². The first-order valence-electron chi connectivity index (χ1n) is 7.50. The van der Waals surface area contributed by atoms with E-state index in [1.165, 1.54) is 12.5 Å². The third-order valence-corrected chi connectivity index (χ3v) is 4.27. The smallest absolute Gasteiger partial charge is 0.165 e. The van der Waals surface area contributed by atoms with Gasteiger partial charge in [0.2, 0.25) is 0 Å². The molecule has 1 aliphatic carbocycles. The number of rotatable bonds is 2. The Morgan fingerprint density at radius 1 is 1.43 bits per heavy atom. The Morgan fingerprint density at radius 3 is 3.00 bits per heavy atom. The minimum atomic E-state index is -0.345. The van der Waals surface area contributed by atoms with Gasteiger partial charge in [-0.05, 0) is 37.5 Å². The third-order valence-electron chi connectivity index (χ3n) is 4.27. The highest BCUT2D eigenvalue weighted by molar-refractivity contribution is 5.40. The van der Waals surface area contributed by atoms with E-state index in [1.807, 2.05) is 0 Å². The van der Waals surface area contributed by atoms with Gasteiger partial charge < -0.3 is 15.2 Å². The van der Waals surface area contributed by atoms with E-state index < -0.39 is 0 Å². The fourth-order valence-electron chi connectivity index (χ4n) is 3.01. The van der Waals surface area contributed by atoms with Crippen molar-refractivity contribution in [1.82, 2.24) is 0 Å². The van der Waals surface area contributed by atoms with Crippen LogP contribution in [0.4, 0.5) is 4.39 Å². The molecule has 3 nitrogen and oxygen atoms in total. The Morgan fingerprint density at radius 2 is 2.29 bits per heavy atom. The van der Waals surface area contributed by atoms with Crippen LogP contribution in [0.3, 0.4) is 0 Å². The fraction of sp³-hybridized carbons (Fsp3) is 0.529. The van der Waals surface area contributed by atoms with Gasteiger partial charge in [-0.1, -0.05) is 11.8 Å². The second kappa shape index (κ2) is 6.05. The van der Waals surface area contributed by atoms with Gasteiger partial charge in [-0.3, -0.25) is 0 Å². The van der Waals surface area contributed by atoms with Crippen LogP contribution in [0.25, 0.3) is 0 Å². The fourth-order valence-corrected chi connectivity index (χ4v) is 3.01. The van der Waals surface area contributed by atoms with Crippen molar-refractivity contribution in [2.75, 3.05) is 13.2 Å². The van der Waals surface area contributed by atoms with E-state index in [2.05, 4.69) is 11.8 Å². The molecule has 0 radical (unpaired) electrons. The van der Waals surface area contributed by atoms with Crippen LogP contribution in [0.2, 0.25) is 0 Å². The van der Waals surface area contributed by atoms with E-state index in [-0.39, 0.29) is 29.8 Å². The minimum absolute atomic E-state index is 0.00361. The van der Waals surface area contributed by atoms with Gasteiger partial charge in [0.1, 0.15) is 6.10 Å². The van der Waals surface area contributed by atoms with Crippen LogP contribution in [0, 0.1) is 17.7 Å². The topological polar surface area (TPSA) is 44.5 Å². The molecule has 112 valence electrons. The molecule has 1 aromatic rings. The molecule has 1 saturated carbocycles. The second-order valence-electron chi connectivity index (χ2n) is 5.77. The zero-order valence-electron chi connectivity index (χ0n) is 12.0. The van der Waals surface area contributed by atoms with Crippen LogP contribution < -0.4 is 10.5 Å². The van der Waals surface area contributed by atoms with E-state index in [4.69, 9.17) is 15.2 Å². The first-order valence-corrected chi connectivity index (χ1v) is 7.50.